The van der Waals surface area contributed by atoms with Gasteiger partial charge in [-0.05, 0) is 31.7 Å². The van der Waals surface area contributed by atoms with Gasteiger partial charge in [0, 0.05) is 19.5 Å². The minimum absolute atomic E-state index is 0.146. The van der Waals surface area contributed by atoms with Crippen LogP contribution < -0.4 is 0 Å². The van der Waals surface area contributed by atoms with Crippen molar-refractivity contribution in [2.45, 2.75) is 65.2 Å². The molecule has 4 nitrogen and oxygen atoms in total. The molecule has 0 spiro atoms. The van der Waals surface area contributed by atoms with E-state index in [0.717, 1.165) is 32.2 Å². The van der Waals surface area contributed by atoms with Crippen molar-refractivity contribution in [1.29, 1.82) is 0 Å². The first-order valence-electron chi connectivity index (χ1n) is 9.47. The molecule has 1 amide bonds. The van der Waals surface area contributed by atoms with E-state index >= 15 is 0 Å². The lowest BCUT2D eigenvalue weighted by Crippen LogP contribution is -2.34. The minimum atomic E-state index is -0.258. The lowest BCUT2D eigenvalue weighted by Gasteiger charge is -2.22. The van der Waals surface area contributed by atoms with Crippen LogP contribution in [0.25, 0.3) is 0 Å². The number of hydrogen-bond donors (Lipinski definition) is 0. The zero-order chi connectivity index (χ0) is 18.5. The normalized spacial score (nSPS) is 10.5. The summed E-state index contributed by atoms with van der Waals surface area (Å²) in [5.41, 5.74) is 2.52. The summed E-state index contributed by atoms with van der Waals surface area (Å²) in [7, 11) is 1.39. The average molecular weight is 347 g/mol. The number of amides is 1. The van der Waals surface area contributed by atoms with Crippen LogP contribution in [0.4, 0.5) is 0 Å². The van der Waals surface area contributed by atoms with Crippen LogP contribution in [0.1, 0.15) is 63.0 Å². The molecule has 140 valence electrons. The first-order valence-corrected chi connectivity index (χ1v) is 9.47. The number of nitrogens with zero attached hydrogens (tertiary/aromatic N) is 1. The molecule has 0 bridgehead atoms. The van der Waals surface area contributed by atoms with Gasteiger partial charge in [0.25, 0.3) is 0 Å². The smallest absolute Gasteiger partial charge is 0.307 e. The summed E-state index contributed by atoms with van der Waals surface area (Å²) in [4.78, 5) is 25.7. The molecular formula is C21H33NO3. The van der Waals surface area contributed by atoms with Crippen LogP contribution in [-0.4, -0.2) is 37.0 Å². The fourth-order valence-electron chi connectivity index (χ4n) is 2.78. The van der Waals surface area contributed by atoms with Gasteiger partial charge >= 0.3 is 5.97 Å². The van der Waals surface area contributed by atoms with E-state index in [1.807, 2.05) is 4.90 Å². The van der Waals surface area contributed by atoms with Gasteiger partial charge in [-0.15, -0.1) is 0 Å². The lowest BCUT2D eigenvalue weighted by molar-refractivity contribution is -0.141. The molecule has 1 aromatic carbocycles. The molecule has 0 aliphatic heterocycles. The third-order valence-electron chi connectivity index (χ3n) is 4.42. The maximum Gasteiger partial charge on any atom is 0.307 e. The Kier molecular flexibility index (Phi) is 10.6. The molecule has 0 radical (unpaired) electrons. The number of hydrogen-bond acceptors (Lipinski definition) is 3. The molecule has 0 saturated heterocycles. The van der Waals surface area contributed by atoms with Gasteiger partial charge in [0.2, 0.25) is 5.91 Å². The van der Waals surface area contributed by atoms with Gasteiger partial charge in [-0.3, -0.25) is 9.59 Å². The summed E-state index contributed by atoms with van der Waals surface area (Å²) in [6.45, 7) is 5.44. The van der Waals surface area contributed by atoms with Crippen LogP contribution in [0, 0.1) is 6.92 Å². The first kappa shape index (κ1) is 21.2. The van der Waals surface area contributed by atoms with Crippen molar-refractivity contribution in [3.63, 3.8) is 0 Å². The summed E-state index contributed by atoms with van der Waals surface area (Å²) in [6, 6.07) is 8.46. The summed E-state index contributed by atoms with van der Waals surface area (Å²) >= 11 is 0. The van der Waals surface area contributed by atoms with Gasteiger partial charge in [0.15, 0.2) is 0 Å². The van der Waals surface area contributed by atoms with Crippen molar-refractivity contribution in [2.24, 2.45) is 0 Å². The molecule has 0 atom stereocenters. The maximum absolute atomic E-state index is 12.5. The Hall–Kier alpha value is -1.84. The fourth-order valence-corrected chi connectivity index (χ4v) is 2.78. The average Bonchev–Trinajstić information content (AvgIpc) is 2.62. The zero-order valence-corrected chi connectivity index (χ0v) is 16.1. The summed E-state index contributed by atoms with van der Waals surface area (Å²) in [5, 5.41) is 0. The Morgan fingerprint density at radius 3 is 2.32 bits per heavy atom. The SMILES string of the molecule is CCCCCCN(CCC(=O)OC)C(=O)CCCc1ccc(C)cc1. The van der Waals surface area contributed by atoms with Gasteiger partial charge in [-0.1, -0.05) is 56.0 Å². The molecule has 25 heavy (non-hydrogen) atoms. The molecule has 0 N–H and O–H groups in total. The van der Waals surface area contributed by atoms with E-state index in [2.05, 4.69) is 38.1 Å². The van der Waals surface area contributed by atoms with Crippen LogP contribution in [0.5, 0.6) is 0 Å². The highest BCUT2D eigenvalue weighted by Crippen LogP contribution is 2.10. The van der Waals surface area contributed by atoms with E-state index in [9.17, 15) is 9.59 Å². The van der Waals surface area contributed by atoms with Crippen molar-refractivity contribution in [1.82, 2.24) is 4.90 Å². The molecule has 4 heteroatoms. The number of rotatable bonds is 12. The quantitative estimate of drug-likeness (QED) is 0.418. The summed E-state index contributed by atoms with van der Waals surface area (Å²) in [6.07, 6.45) is 7.04. The van der Waals surface area contributed by atoms with E-state index in [-0.39, 0.29) is 18.3 Å². The Morgan fingerprint density at radius 1 is 0.960 bits per heavy atom. The molecule has 0 aromatic heterocycles. The highest BCUT2D eigenvalue weighted by Gasteiger charge is 2.14. The fraction of sp³-hybridized carbons (Fsp3) is 0.619. The number of methoxy groups -OCH3 is 1. The van der Waals surface area contributed by atoms with Crippen molar-refractivity contribution in [3.05, 3.63) is 35.4 Å². The van der Waals surface area contributed by atoms with Gasteiger partial charge in [-0.25, -0.2) is 0 Å². The Labute approximate surface area is 152 Å². The molecule has 0 fully saturated rings. The molecule has 0 aliphatic carbocycles. The number of aryl methyl sites for hydroxylation is 2. The predicted molar refractivity (Wildman–Crippen MR) is 101 cm³/mol. The number of esters is 1. The monoisotopic (exact) mass is 347 g/mol. The second-order valence-corrected chi connectivity index (χ2v) is 6.61. The van der Waals surface area contributed by atoms with E-state index in [4.69, 9.17) is 4.74 Å². The third-order valence-corrected chi connectivity index (χ3v) is 4.42. The largest absolute Gasteiger partial charge is 0.469 e. The van der Waals surface area contributed by atoms with Crippen molar-refractivity contribution in [3.8, 4) is 0 Å². The highest BCUT2D eigenvalue weighted by molar-refractivity contribution is 5.77. The molecule has 0 aliphatic rings. The molecular weight excluding hydrogens is 314 g/mol. The van der Waals surface area contributed by atoms with Crippen LogP contribution in [0.3, 0.4) is 0 Å². The van der Waals surface area contributed by atoms with Gasteiger partial charge in [0.1, 0.15) is 0 Å². The number of ether oxygens (including phenoxy) is 1. The maximum atomic E-state index is 12.5. The van der Waals surface area contributed by atoms with E-state index in [1.165, 1.54) is 31.1 Å². The number of unbranched alkanes of at least 4 members (excludes halogenated alkanes) is 3. The van der Waals surface area contributed by atoms with E-state index in [1.54, 1.807) is 0 Å². The molecule has 0 saturated carbocycles. The van der Waals surface area contributed by atoms with Crippen molar-refractivity contribution in [2.75, 3.05) is 20.2 Å². The Morgan fingerprint density at radius 2 is 1.68 bits per heavy atom. The van der Waals surface area contributed by atoms with Crippen LogP contribution >= 0.6 is 0 Å². The van der Waals surface area contributed by atoms with Crippen molar-refractivity contribution >= 4 is 11.9 Å². The highest BCUT2D eigenvalue weighted by atomic mass is 16.5. The van der Waals surface area contributed by atoms with E-state index in [0.29, 0.717) is 13.0 Å². The summed E-state index contributed by atoms with van der Waals surface area (Å²) < 4.78 is 4.70. The topological polar surface area (TPSA) is 46.6 Å². The molecule has 0 heterocycles. The Balaban J connectivity index is 2.42. The summed E-state index contributed by atoms with van der Waals surface area (Å²) in [5.74, 6) is -0.112. The predicted octanol–water partition coefficient (Wildman–Crippen LogP) is 4.29. The van der Waals surface area contributed by atoms with Crippen LogP contribution in [0.2, 0.25) is 0 Å². The molecule has 0 unspecified atom stereocenters. The van der Waals surface area contributed by atoms with Gasteiger partial charge in [-0.2, -0.15) is 0 Å². The van der Waals surface area contributed by atoms with Gasteiger partial charge < -0.3 is 9.64 Å². The molecule has 1 aromatic rings. The number of carbonyl (C=O) groups excluding carboxylic acids is 2. The minimum Gasteiger partial charge on any atom is -0.469 e. The first-order chi connectivity index (χ1) is 12.1. The van der Waals surface area contributed by atoms with Crippen LogP contribution in [0.15, 0.2) is 24.3 Å². The zero-order valence-electron chi connectivity index (χ0n) is 16.1. The number of carbonyl (C=O) groups is 2. The third kappa shape index (κ3) is 9.28. The van der Waals surface area contributed by atoms with Crippen molar-refractivity contribution < 1.29 is 14.3 Å². The number of benzene rings is 1. The van der Waals surface area contributed by atoms with E-state index < -0.39 is 0 Å². The van der Waals surface area contributed by atoms with Crippen LogP contribution in [-0.2, 0) is 20.7 Å². The second kappa shape index (κ2) is 12.5. The second-order valence-electron chi connectivity index (χ2n) is 6.61. The Bertz CT molecular complexity index is 510. The lowest BCUT2D eigenvalue weighted by atomic mass is 10.1. The van der Waals surface area contributed by atoms with Gasteiger partial charge in [0.05, 0.1) is 13.5 Å². The standard InChI is InChI=1S/C21H33NO3/c1-4-5-6-7-16-22(17-15-21(24)25-3)20(23)10-8-9-19-13-11-18(2)12-14-19/h11-14H,4-10,15-17H2,1-3H3. The molecule has 1 rings (SSSR count).